The molecule has 0 bridgehead atoms. The summed E-state index contributed by atoms with van der Waals surface area (Å²) in [6.45, 7) is 7.19. The first-order valence-corrected chi connectivity index (χ1v) is 6.36. The molecule has 0 radical (unpaired) electrons. The molecule has 0 amide bonds. The number of aromatic nitrogens is 2. The fourth-order valence-corrected chi connectivity index (χ4v) is 2.23. The smallest absolute Gasteiger partial charge is 0.0738 e. The molecule has 1 aromatic rings. The molecule has 1 atom stereocenters. The first-order valence-electron chi connectivity index (χ1n) is 5.57. The van der Waals surface area contributed by atoms with Gasteiger partial charge >= 0.3 is 0 Å². The SMILES string of the molecule is CCCC(N)Cc1c(Br)c(C)nn1CC. The van der Waals surface area contributed by atoms with Crippen LogP contribution >= 0.6 is 15.9 Å². The third-order valence-corrected chi connectivity index (χ3v) is 3.60. The van der Waals surface area contributed by atoms with Crippen molar-refractivity contribution >= 4 is 15.9 Å². The Morgan fingerprint density at radius 1 is 1.47 bits per heavy atom. The maximum Gasteiger partial charge on any atom is 0.0738 e. The van der Waals surface area contributed by atoms with E-state index in [1.54, 1.807) is 0 Å². The zero-order valence-electron chi connectivity index (χ0n) is 9.76. The molecule has 1 rings (SSSR count). The molecule has 1 unspecified atom stereocenters. The monoisotopic (exact) mass is 273 g/mol. The highest BCUT2D eigenvalue weighted by Gasteiger charge is 2.14. The van der Waals surface area contributed by atoms with Gasteiger partial charge in [0.25, 0.3) is 0 Å². The third kappa shape index (κ3) is 3.05. The van der Waals surface area contributed by atoms with Gasteiger partial charge in [-0.25, -0.2) is 0 Å². The molecule has 0 aliphatic rings. The predicted molar refractivity (Wildman–Crippen MR) is 66.9 cm³/mol. The number of halogens is 1. The van der Waals surface area contributed by atoms with Gasteiger partial charge in [0, 0.05) is 19.0 Å². The molecule has 0 fully saturated rings. The molecule has 0 spiro atoms. The Bertz CT molecular complexity index is 320. The lowest BCUT2D eigenvalue weighted by Crippen LogP contribution is -2.24. The molecule has 86 valence electrons. The van der Waals surface area contributed by atoms with E-state index in [1.165, 1.54) is 5.69 Å². The average molecular weight is 274 g/mol. The van der Waals surface area contributed by atoms with Crippen LogP contribution < -0.4 is 5.73 Å². The summed E-state index contributed by atoms with van der Waals surface area (Å²) in [5.74, 6) is 0. The second-order valence-electron chi connectivity index (χ2n) is 3.91. The van der Waals surface area contributed by atoms with Crippen molar-refractivity contribution in [2.75, 3.05) is 0 Å². The van der Waals surface area contributed by atoms with Gasteiger partial charge in [-0.3, -0.25) is 4.68 Å². The summed E-state index contributed by atoms with van der Waals surface area (Å²) in [6.07, 6.45) is 3.11. The molecule has 1 aromatic heterocycles. The van der Waals surface area contributed by atoms with Gasteiger partial charge in [-0.1, -0.05) is 13.3 Å². The summed E-state index contributed by atoms with van der Waals surface area (Å²) in [6, 6.07) is 0.243. The summed E-state index contributed by atoms with van der Waals surface area (Å²) in [5.41, 5.74) is 8.34. The maximum atomic E-state index is 6.06. The van der Waals surface area contributed by atoms with Crippen LogP contribution in [0.4, 0.5) is 0 Å². The number of nitrogens with zero attached hydrogens (tertiary/aromatic N) is 2. The van der Waals surface area contributed by atoms with E-state index < -0.39 is 0 Å². The van der Waals surface area contributed by atoms with E-state index >= 15 is 0 Å². The number of nitrogens with two attached hydrogens (primary N) is 1. The van der Waals surface area contributed by atoms with Crippen molar-refractivity contribution in [3.8, 4) is 0 Å². The van der Waals surface area contributed by atoms with Crippen molar-refractivity contribution < 1.29 is 0 Å². The minimum Gasteiger partial charge on any atom is -0.327 e. The molecule has 0 aliphatic heterocycles. The molecule has 1 heterocycles. The Balaban J connectivity index is 2.82. The van der Waals surface area contributed by atoms with E-state index in [0.717, 1.165) is 36.0 Å². The lowest BCUT2D eigenvalue weighted by atomic mass is 10.1. The van der Waals surface area contributed by atoms with E-state index in [2.05, 4.69) is 34.9 Å². The number of aryl methyl sites for hydroxylation is 2. The van der Waals surface area contributed by atoms with Gasteiger partial charge in [0.05, 0.1) is 15.9 Å². The van der Waals surface area contributed by atoms with Gasteiger partial charge in [0.15, 0.2) is 0 Å². The van der Waals surface area contributed by atoms with E-state index in [-0.39, 0.29) is 6.04 Å². The van der Waals surface area contributed by atoms with Crippen molar-refractivity contribution in [1.29, 1.82) is 0 Å². The number of rotatable bonds is 5. The van der Waals surface area contributed by atoms with Crippen molar-refractivity contribution in [3.63, 3.8) is 0 Å². The molecule has 4 heteroatoms. The summed E-state index contributed by atoms with van der Waals surface area (Å²) in [5, 5.41) is 4.46. The highest BCUT2D eigenvalue weighted by Crippen LogP contribution is 2.22. The van der Waals surface area contributed by atoms with Crippen LogP contribution in [0, 0.1) is 6.92 Å². The lowest BCUT2D eigenvalue weighted by Gasteiger charge is -2.11. The molecule has 15 heavy (non-hydrogen) atoms. The van der Waals surface area contributed by atoms with Gasteiger partial charge in [0.1, 0.15) is 0 Å². The molecular weight excluding hydrogens is 254 g/mol. The highest BCUT2D eigenvalue weighted by atomic mass is 79.9. The van der Waals surface area contributed by atoms with Crippen molar-refractivity contribution in [1.82, 2.24) is 9.78 Å². The van der Waals surface area contributed by atoms with Crippen molar-refractivity contribution in [3.05, 3.63) is 15.9 Å². The second kappa shape index (κ2) is 5.66. The van der Waals surface area contributed by atoms with E-state index in [0.29, 0.717) is 0 Å². The Morgan fingerprint density at radius 2 is 2.13 bits per heavy atom. The third-order valence-electron chi connectivity index (χ3n) is 2.57. The van der Waals surface area contributed by atoms with Gasteiger partial charge in [0.2, 0.25) is 0 Å². The molecule has 3 nitrogen and oxygen atoms in total. The van der Waals surface area contributed by atoms with Crippen molar-refractivity contribution in [2.24, 2.45) is 5.73 Å². The van der Waals surface area contributed by atoms with Crippen LogP contribution in [0.5, 0.6) is 0 Å². The van der Waals surface area contributed by atoms with Crippen molar-refractivity contribution in [2.45, 2.75) is 52.6 Å². The molecular formula is C11H20BrN3. The Morgan fingerprint density at radius 3 is 2.67 bits per heavy atom. The molecule has 0 saturated carbocycles. The van der Waals surface area contributed by atoms with E-state index in [4.69, 9.17) is 5.73 Å². The lowest BCUT2D eigenvalue weighted by molar-refractivity contribution is 0.548. The second-order valence-corrected chi connectivity index (χ2v) is 4.71. The summed E-state index contributed by atoms with van der Waals surface area (Å²) >= 11 is 3.58. The van der Waals surface area contributed by atoms with Gasteiger partial charge in [-0.2, -0.15) is 5.10 Å². The van der Waals surface area contributed by atoms with Gasteiger partial charge in [-0.15, -0.1) is 0 Å². The average Bonchev–Trinajstić information content (AvgIpc) is 2.46. The summed E-state index contributed by atoms with van der Waals surface area (Å²) in [4.78, 5) is 0. The topological polar surface area (TPSA) is 43.8 Å². The minimum absolute atomic E-state index is 0.243. The summed E-state index contributed by atoms with van der Waals surface area (Å²) in [7, 11) is 0. The number of hydrogen-bond donors (Lipinski definition) is 1. The van der Waals surface area contributed by atoms with Crippen LogP contribution in [-0.2, 0) is 13.0 Å². The van der Waals surface area contributed by atoms with Crippen LogP contribution in [0.2, 0.25) is 0 Å². The Kier molecular flexibility index (Phi) is 4.80. The fraction of sp³-hybridized carbons (Fsp3) is 0.727. The first-order chi connectivity index (χ1) is 7.10. The number of hydrogen-bond acceptors (Lipinski definition) is 2. The normalized spacial score (nSPS) is 13.1. The summed E-state index contributed by atoms with van der Waals surface area (Å²) < 4.78 is 3.16. The zero-order chi connectivity index (χ0) is 11.4. The highest BCUT2D eigenvalue weighted by molar-refractivity contribution is 9.10. The molecule has 0 aromatic carbocycles. The predicted octanol–water partition coefficient (Wildman–Crippen LogP) is 2.64. The fourth-order valence-electron chi connectivity index (χ4n) is 1.79. The molecule has 2 N–H and O–H groups in total. The standard InChI is InChI=1S/C11H20BrN3/c1-4-6-9(13)7-10-11(12)8(3)14-15(10)5-2/h9H,4-7,13H2,1-3H3. The van der Waals surface area contributed by atoms with E-state index in [1.807, 2.05) is 11.6 Å². The Hall–Kier alpha value is -0.350. The largest absolute Gasteiger partial charge is 0.327 e. The molecule has 0 saturated heterocycles. The van der Waals surface area contributed by atoms with Crippen LogP contribution in [-0.4, -0.2) is 15.8 Å². The van der Waals surface area contributed by atoms with Crippen LogP contribution in [0.15, 0.2) is 4.47 Å². The quantitative estimate of drug-likeness (QED) is 0.897. The molecule has 0 aliphatic carbocycles. The maximum absolute atomic E-state index is 6.06. The van der Waals surface area contributed by atoms with Crippen LogP contribution in [0.1, 0.15) is 38.1 Å². The zero-order valence-corrected chi connectivity index (χ0v) is 11.3. The minimum atomic E-state index is 0.243. The van der Waals surface area contributed by atoms with Gasteiger partial charge < -0.3 is 5.73 Å². The van der Waals surface area contributed by atoms with Gasteiger partial charge in [-0.05, 0) is 36.2 Å². The Labute approximate surface area is 100 Å². The van der Waals surface area contributed by atoms with E-state index in [9.17, 15) is 0 Å². The first kappa shape index (κ1) is 12.7. The van der Waals surface area contributed by atoms with Crippen LogP contribution in [0.3, 0.4) is 0 Å². The van der Waals surface area contributed by atoms with Crippen LogP contribution in [0.25, 0.3) is 0 Å².